The van der Waals surface area contributed by atoms with Crippen molar-refractivity contribution < 1.29 is 12.8 Å². The number of halogens is 2. The van der Waals surface area contributed by atoms with Crippen LogP contribution < -0.4 is 0 Å². The molecular weight excluding hydrogens is 413 g/mol. The van der Waals surface area contributed by atoms with Gasteiger partial charge in [0.15, 0.2) is 5.84 Å². The highest BCUT2D eigenvalue weighted by Crippen LogP contribution is 2.22. The van der Waals surface area contributed by atoms with Gasteiger partial charge in [0.1, 0.15) is 11.6 Å². The molecule has 0 unspecified atom stereocenters. The summed E-state index contributed by atoms with van der Waals surface area (Å²) < 4.78 is 45.2. The molecule has 0 aliphatic carbocycles. The van der Waals surface area contributed by atoms with Gasteiger partial charge in [0.05, 0.1) is 15.9 Å². The highest BCUT2D eigenvalue weighted by Gasteiger charge is 2.20. The van der Waals surface area contributed by atoms with Gasteiger partial charge in [-0.1, -0.05) is 23.7 Å². The molecule has 0 fully saturated rings. The minimum absolute atomic E-state index is 0.00332. The van der Waals surface area contributed by atoms with Crippen LogP contribution in [-0.4, -0.2) is 23.8 Å². The van der Waals surface area contributed by atoms with Gasteiger partial charge in [0.25, 0.3) is 10.0 Å². The smallest absolute Gasteiger partial charge is 0.279 e. The maximum Gasteiger partial charge on any atom is 0.284 e. The number of fused-ring (bicyclic) bond motifs is 1. The standard InChI is InChI=1S/C21H15ClFN3O2S/c1-14-24-19-4-2-3-5-20(19)26(14)21(15-6-10-17(23)11-7-15)25-29(27,28)18-12-8-16(22)9-13-18/h2-13H,1H3. The molecule has 1 heterocycles. The molecule has 0 saturated heterocycles. The number of imidazole rings is 1. The van der Waals surface area contributed by atoms with E-state index in [9.17, 15) is 12.8 Å². The lowest BCUT2D eigenvalue weighted by molar-refractivity contribution is 0.598. The highest BCUT2D eigenvalue weighted by atomic mass is 35.5. The van der Waals surface area contributed by atoms with Gasteiger partial charge in [0, 0.05) is 10.6 Å². The molecule has 146 valence electrons. The number of nitrogens with zero attached hydrogens (tertiary/aromatic N) is 3. The molecule has 29 heavy (non-hydrogen) atoms. The zero-order valence-electron chi connectivity index (χ0n) is 15.3. The van der Waals surface area contributed by atoms with Crippen molar-refractivity contribution in [2.24, 2.45) is 4.40 Å². The van der Waals surface area contributed by atoms with Crippen LogP contribution in [0.15, 0.2) is 82.1 Å². The van der Waals surface area contributed by atoms with Gasteiger partial charge in [-0.15, -0.1) is 4.40 Å². The van der Waals surface area contributed by atoms with Crippen LogP contribution in [0, 0.1) is 12.7 Å². The molecule has 0 aliphatic rings. The highest BCUT2D eigenvalue weighted by molar-refractivity contribution is 7.90. The Morgan fingerprint density at radius 3 is 2.34 bits per heavy atom. The van der Waals surface area contributed by atoms with E-state index in [1.165, 1.54) is 48.5 Å². The zero-order valence-corrected chi connectivity index (χ0v) is 16.8. The molecule has 0 atom stereocenters. The van der Waals surface area contributed by atoms with Crippen LogP contribution in [-0.2, 0) is 10.0 Å². The fraction of sp³-hybridized carbons (Fsp3) is 0.0476. The molecule has 0 amide bonds. The van der Waals surface area contributed by atoms with Crippen molar-refractivity contribution in [1.29, 1.82) is 0 Å². The average molecular weight is 428 g/mol. The van der Waals surface area contributed by atoms with E-state index in [-0.39, 0.29) is 10.7 Å². The Kier molecular flexibility index (Phi) is 4.94. The molecular formula is C21H15ClFN3O2S. The summed E-state index contributed by atoms with van der Waals surface area (Å²) in [6, 6.07) is 18.6. The maximum absolute atomic E-state index is 13.5. The van der Waals surface area contributed by atoms with Crippen LogP contribution in [0.25, 0.3) is 11.0 Å². The molecule has 4 aromatic rings. The van der Waals surface area contributed by atoms with Crippen molar-refractivity contribution in [3.8, 4) is 0 Å². The quantitative estimate of drug-likeness (QED) is 0.348. The molecule has 0 radical (unpaired) electrons. The van der Waals surface area contributed by atoms with Gasteiger partial charge >= 0.3 is 0 Å². The third kappa shape index (κ3) is 3.79. The van der Waals surface area contributed by atoms with E-state index in [2.05, 4.69) is 9.38 Å². The van der Waals surface area contributed by atoms with E-state index in [0.717, 1.165) is 0 Å². The number of aromatic nitrogens is 2. The number of hydrogen-bond acceptors (Lipinski definition) is 3. The topological polar surface area (TPSA) is 64.3 Å². The second-order valence-corrected chi connectivity index (χ2v) is 8.37. The fourth-order valence-corrected chi connectivity index (χ4v) is 4.13. The van der Waals surface area contributed by atoms with Crippen molar-refractivity contribution in [2.45, 2.75) is 11.8 Å². The van der Waals surface area contributed by atoms with Gasteiger partial charge in [0.2, 0.25) is 0 Å². The summed E-state index contributed by atoms with van der Waals surface area (Å²) >= 11 is 5.87. The van der Waals surface area contributed by atoms with E-state index in [4.69, 9.17) is 11.6 Å². The van der Waals surface area contributed by atoms with E-state index in [1.807, 2.05) is 24.3 Å². The third-order valence-corrected chi connectivity index (χ3v) is 5.89. The molecule has 0 saturated carbocycles. The number of rotatable bonds is 3. The van der Waals surface area contributed by atoms with Crippen molar-refractivity contribution in [1.82, 2.24) is 9.55 Å². The minimum Gasteiger partial charge on any atom is -0.279 e. The van der Waals surface area contributed by atoms with Crippen LogP contribution in [0.1, 0.15) is 11.4 Å². The Morgan fingerprint density at radius 2 is 1.66 bits per heavy atom. The second-order valence-electron chi connectivity index (χ2n) is 6.33. The summed E-state index contributed by atoms with van der Waals surface area (Å²) in [6.07, 6.45) is 0. The monoisotopic (exact) mass is 427 g/mol. The summed E-state index contributed by atoms with van der Waals surface area (Å²) in [5, 5.41) is 0.420. The third-order valence-electron chi connectivity index (χ3n) is 4.36. The number of sulfonamides is 1. The molecule has 3 aromatic carbocycles. The predicted octanol–water partition coefficient (Wildman–Crippen LogP) is 4.82. The molecule has 4 rings (SSSR count). The van der Waals surface area contributed by atoms with Crippen LogP contribution in [0.5, 0.6) is 0 Å². The molecule has 0 bridgehead atoms. The molecule has 1 aromatic heterocycles. The van der Waals surface area contributed by atoms with Gasteiger partial charge in [-0.25, -0.2) is 9.37 Å². The Morgan fingerprint density at radius 1 is 1.00 bits per heavy atom. The Labute approximate surface area is 172 Å². The van der Waals surface area contributed by atoms with Crippen molar-refractivity contribution in [3.63, 3.8) is 0 Å². The summed E-state index contributed by atoms with van der Waals surface area (Å²) in [7, 11) is -4.06. The number of hydrogen-bond donors (Lipinski definition) is 0. The van der Waals surface area contributed by atoms with E-state index in [1.54, 1.807) is 11.5 Å². The zero-order chi connectivity index (χ0) is 20.6. The molecule has 5 nitrogen and oxygen atoms in total. The lowest BCUT2D eigenvalue weighted by Gasteiger charge is -2.12. The first-order valence-corrected chi connectivity index (χ1v) is 10.5. The van der Waals surface area contributed by atoms with E-state index < -0.39 is 15.8 Å². The SMILES string of the molecule is Cc1nc2ccccc2n1C(=NS(=O)(=O)c1ccc(Cl)cc1)c1ccc(F)cc1. The predicted molar refractivity (Wildman–Crippen MR) is 111 cm³/mol. The van der Waals surface area contributed by atoms with Crippen molar-refractivity contribution in [3.05, 3.63) is 95.0 Å². The first kappa shape index (κ1) is 19.3. The summed E-state index contributed by atoms with van der Waals surface area (Å²) in [4.78, 5) is 4.49. The van der Waals surface area contributed by atoms with Gasteiger partial charge in [-0.05, 0) is 67.6 Å². The van der Waals surface area contributed by atoms with E-state index in [0.29, 0.717) is 27.4 Å². The first-order valence-electron chi connectivity index (χ1n) is 8.66. The molecule has 0 spiro atoms. The first-order chi connectivity index (χ1) is 13.8. The lowest BCUT2D eigenvalue weighted by atomic mass is 10.2. The van der Waals surface area contributed by atoms with Crippen LogP contribution in [0.4, 0.5) is 4.39 Å². The van der Waals surface area contributed by atoms with Crippen LogP contribution in [0.3, 0.4) is 0 Å². The second kappa shape index (κ2) is 7.42. The Bertz CT molecular complexity index is 1330. The van der Waals surface area contributed by atoms with Gasteiger partial charge in [-0.2, -0.15) is 8.42 Å². The summed E-state index contributed by atoms with van der Waals surface area (Å²) in [5.41, 5.74) is 1.83. The van der Waals surface area contributed by atoms with Gasteiger partial charge < -0.3 is 0 Å². The van der Waals surface area contributed by atoms with Gasteiger partial charge in [-0.3, -0.25) is 4.57 Å². The summed E-state index contributed by atoms with van der Waals surface area (Å²) in [6.45, 7) is 1.76. The molecule has 0 aliphatic heterocycles. The Hall–Kier alpha value is -3.03. The maximum atomic E-state index is 13.5. The van der Waals surface area contributed by atoms with E-state index >= 15 is 0 Å². The molecule has 0 N–H and O–H groups in total. The number of benzene rings is 3. The lowest BCUT2D eigenvalue weighted by Crippen LogP contribution is -2.17. The van der Waals surface area contributed by atoms with Crippen LogP contribution >= 0.6 is 11.6 Å². The normalized spacial score (nSPS) is 12.4. The minimum atomic E-state index is -4.06. The average Bonchev–Trinajstić information content (AvgIpc) is 3.03. The summed E-state index contributed by atoms with van der Waals surface area (Å²) in [5.74, 6) is 0.257. The van der Waals surface area contributed by atoms with Crippen molar-refractivity contribution >= 4 is 38.5 Å². The fourth-order valence-electron chi connectivity index (χ4n) is 3.01. The van der Waals surface area contributed by atoms with Crippen molar-refractivity contribution in [2.75, 3.05) is 0 Å². The Balaban J connectivity index is 1.98. The number of aryl methyl sites for hydroxylation is 1. The number of para-hydroxylation sites is 2. The molecule has 8 heteroatoms. The van der Waals surface area contributed by atoms with Crippen LogP contribution in [0.2, 0.25) is 5.02 Å². The largest absolute Gasteiger partial charge is 0.284 e.